The highest BCUT2D eigenvalue weighted by atomic mass is 19.4. The van der Waals surface area contributed by atoms with E-state index < -0.39 is 29.0 Å². The Balaban J connectivity index is 1.76. The molecule has 0 saturated heterocycles. The first-order valence-corrected chi connectivity index (χ1v) is 8.75. The molecule has 0 spiro atoms. The number of anilines is 2. The monoisotopic (exact) mass is 403 g/mol. The molecule has 2 aromatic carbocycles. The number of nitrogens with zero attached hydrogens (tertiary/aromatic N) is 1. The second-order valence-corrected chi connectivity index (χ2v) is 6.24. The number of benzene rings is 2. The number of halogens is 4. The molecule has 29 heavy (non-hydrogen) atoms. The maximum atomic E-state index is 13.5. The van der Waals surface area contributed by atoms with Crippen LogP contribution in [0.5, 0.6) is 0 Å². The molecule has 0 fully saturated rings. The van der Waals surface area contributed by atoms with Crippen LogP contribution in [-0.4, -0.2) is 17.4 Å². The molecule has 0 aliphatic rings. The Hall–Kier alpha value is -3.42. The third-order valence-electron chi connectivity index (χ3n) is 4.09. The Morgan fingerprint density at radius 1 is 1.00 bits per heavy atom. The van der Waals surface area contributed by atoms with Crippen LogP contribution < -0.4 is 10.6 Å². The van der Waals surface area contributed by atoms with Crippen molar-refractivity contribution < 1.29 is 22.4 Å². The van der Waals surface area contributed by atoms with E-state index in [4.69, 9.17) is 0 Å². The zero-order chi connectivity index (χ0) is 20.9. The molecule has 0 bridgehead atoms. The first kappa shape index (κ1) is 20.3. The summed E-state index contributed by atoms with van der Waals surface area (Å²) >= 11 is 0. The molecule has 0 unspecified atom stereocenters. The summed E-state index contributed by atoms with van der Waals surface area (Å²) in [4.78, 5) is 16.2. The molecule has 0 aliphatic carbocycles. The predicted molar refractivity (Wildman–Crippen MR) is 101 cm³/mol. The number of nitrogens with one attached hydrogen (secondary N) is 2. The fourth-order valence-corrected chi connectivity index (χ4v) is 2.71. The number of pyridine rings is 1. The topological polar surface area (TPSA) is 54.0 Å². The molecular formula is C21H17F4N3O. The number of amides is 1. The molecule has 2 N–H and O–H groups in total. The van der Waals surface area contributed by atoms with E-state index >= 15 is 0 Å². The van der Waals surface area contributed by atoms with Crippen molar-refractivity contribution in [2.75, 3.05) is 11.9 Å². The van der Waals surface area contributed by atoms with E-state index in [9.17, 15) is 22.4 Å². The van der Waals surface area contributed by atoms with Gasteiger partial charge in [0.15, 0.2) is 0 Å². The van der Waals surface area contributed by atoms with Gasteiger partial charge in [0.25, 0.3) is 5.91 Å². The van der Waals surface area contributed by atoms with Crippen LogP contribution in [0.1, 0.15) is 21.5 Å². The summed E-state index contributed by atoms with van der Waals surface area (Å²) in [5.41, 5.74) is -0.499. The maximum absolute atomic E-state index is 13.5. The fourth-order valence-electron chi connectivity index (χ4n) is 2.71. The predicted octanol–water partition coefficient (Wildman–Crippen LogP) is 4.96. The molecule has 0 aliphatic heterocycles. The Morgan fingerprint density at radius 3 is 2.45 bits per heavy atom. The summed E-state index contributed by atoms with van der Waals surface area (Å²) in [5, 5.41) is 5.09. The summed E-state index contributed by atoms with van der Waals surface area (Å²) in [5.74, 6) is -1.55. The van der Waals surface area contributed by atoms with Crippen molar-refractivity contribution in [2.24, 2.45) is 0 Å². The van der Waals surface area contributed by atoms with Gasteiger partial charge in [0.2, 0.25) is 0 Å². The average molecular weight is 403 g/mol. The van der Waals surface area contributed by atoms with Crippen LogP contribution >= 0.6 is 0 Å². The van der Waals surface area contributed by atoms with Crippen molar-refractivity contribution in [2.45, 2.75) is 12.6 Å². The van der Waals surface area contributed by atoms with Crippen LogP contribution in [0.4, 0.5) is 29.1 Å². The van der Waals surface area contributed by atoms with Gasteiger partial charge in [0, 0.05) is 18.4 Å². The fraction of sp³-hybridized carbons (Fsp3) is 0.143. The van der Waals surface area contributed by atoms with E-state index in [1.54, 1.807) is 0 Å². The minimum atomic E-state index is -4.76. The highest BCUT2D eigenvalue weighted by Crippen LogP contribution is 2.33. The second-order valence-electron chi connectivity index (χ2n) is 6.24. The smallest absolute Gasteiger partial charge is 0.352 e. The SMILES string of the molecule is O=C(NCCc1ccccc1)c1cnc(Nc2cccc(F)c2)cc1C(F)(F)F. The number of alkyl halides is 3. The average Bonchev–Trinajstić information content (AvgIpc) is 2.68. The van der Waals surface area contributed by atoms with E-state index in [0.717, 1.165) is 23.9 Å². The first-order valence-electron chi connectivity index (χ1n) is 8.75. The van der Waals surface area contributed by atoms with Gasteiger partial charge in [-0.2, -0.15) is 13.2 Å². The highest BCUT2D eigenvalue weighted by Gasteiger charge is 2.36. The minimum absolute atomic E-state index is 0.149. The lowest BCUT2D eigenvalue weighted by Crippen LogP contribution is -2.28. The lowest BCUT2D eigenvalue weighted by atomic mass is 10.1. The number of carbonyl (C=O) groups is 1. The van der Waals surface area contributed by atoms with Crippen molar-refractivity contribution in [3.63, 3.8) is 0 Å². The molecule has 1 amide bonds. The summed E-state index contributed by atoms with van der Waals surface area (Å²) < 4.78 is 53.7. The Labute approximate surface area is 164 Å². The second kappa shape index (κ2) is 8.72. The third kappa shape index (κ3) is 5.54. The maximum Gasteiger partial charge on any atom is 0.417 e. The molecule has 1 aromatic heterocycles. The van der Waals surface area contributed by atoms with Crippen LogP contribution in [0.25, 0.3) is 0 Å². The quantitative estimate of drug-likeness (QED) is 0.573. The van der Waals surface area contributed by atoms with Gasteiger partial charge in [0.1, 0.15) is 11.6 Å². The molecule has 150 valence electrons. The molecule has 8 heteroatoms. The largest absolute Gasteiger partial charge is 0.417 e. The standard InChI is InChI=1S/C21H17F4N3O/c22-15-7-4-8-16(11-15)28-19-12-18(21(23,24)25)17(13-27-19)20(29)26-10-9-14-5-2-1-3-6-14/h1-8,11-13H,9-10H2,(H,26,29)(H,27,28). The number of hydrogen-bond donors (Lipinski definition) is 2. The highest BCUT2D eigenvalue weighted by molar-refractivity contribution is 5.96. The van der Waals surface area contributed by atoms with E-state index in [0.29, 0.717) is 6.42 Å². The van der Waals surface area contributed by atoms with E-state index in [-0.39, 0.29) is 18.1 Å². The van der Waals surface area contributed by atoms with Crippen molar-refractivity contribution in [1.82, 2.24) is 10.3 Å². The molecule has 0 atom stereocenters. The number of hydrogen-bond acceptors (Lipinski definition) is 3. The van der Waals surface area contributed by atoms with Crippen LogP contribution in [-0.2, 0) is 12.6 Å². The van der Waals surface area contributed by atoms with Gasteiger partial charge in [0.05, 0.1) is 11.1 Å². The normalized spacial score (nSPS) is 11.2. The van der Waals surface area contributed by atoms with Crippen LogP contribution in [0.2, 0.25) is 0 Å². The van der Waals surface area contributed by atoms with Gasteiger partial charge < -0.3 is 10.6 Å². The number of carbonyl (C=O) groups excluding carboxylic acids is 1. The molecule has 0 radical (unpaired) electrons. The minimum Gasteiger partial charge on any atom is -0.352 e. The third-order valence-corrected chi connectivity index (χ3v) is 4.09. The lowest BCUT2D eigenvalue weighted by Gasteiger charge is -2.15. The summed E-state index contributed by atoms with van der Waals surface area (Å²) in [6.07, 6.45) is -3.41. The Bertz CT molecular complexity index is 991. The summed E-state index contributed by atoms with van der Waals surface area (Å²) in [7, 11) is 0. The van der Waals surface area contributed by atoms with Gasteiger partial charge in [-0.3, -0.25) is 4.79 Å². The Kier molecular flexibility index (Phi) is 6.11. The number of aromatic nitrogens is 1. The van der Waals surface area contributed by atoms with Gasteiger partial charge in [-0.15, -0.1) is 0 Å². The van der Waals surface area contributed by atoms with Crippen molar-refractivity contribution >= 4 is 17.4 Å². The van der Waals surface area contributed by atoms with Gasteiger partial charge in [-0.1, -0.05) is 36.4 Å². The molecule has 3 rings (SSSR count). The summed E-state index contributed by atoms with van der Waals surface area (Å²) in [6.45, 7) is 0.184. The van der Waals surface area contributed by atoms with Gasteiger partial charge in [-0.05, 0) is 36.2 Å². The zero-order valence-corrected chi connectivity index (χ0v) is 15.1. The molecule has 4 nitrogen and oxygen atoms in total. The number of rotatable bonds is 6. The van der Waals surface area contributed by atoms with E-state index in [1.807, 2.05) is 30.3 Å². The molecule has 0 saturated carbocycles. The first-order chi connectivity index (χ1) is 13.8. The molecule has 3 aromatic rings. The van der Waals surface area contributed by atoms with Crippen LogP contribution in [0.15, 0.2) is 66.9 Å². The van der Waals surface area contributed by atoms with Crippen molar-refractivity contribution in [3.8, 4) is 0 Å². The lowest BCUT2D eigenvalue weighted by molar-refractivity contribution is -0.137. The van der Waals surface area contributed by atoms with Gasteiger partial charge in [-0.25, -0.2) is 9.37 Å². The van der Waals surface area contributed by atoms with E-state index in [2.05, 4.69) is 15.6 Å². The van der Waals surface area contributed by atoms with Crippen LogP contribution in [0, 0.1) is 5.82 Å². The molecular weight excluding hydrogens is 386 g/mol. The summed E-state index contributed by atoms with van der Waals surface area (Å²) in [6, 6.07) is 15.2. The van der Waals surface area contributed by atoms with E-state index in [1.165, 1.54) is 18.2 Å². The Morgan fingerprint density at radius 2 is 1.76 bits per heavy atom. The van der Waals surface area contributed by atoms with Crippen molar-refractivity contribution in [1.29, 1.82) is 0 Å². The molecule has 1 heterocycles. The van der Waals surface area contributed by atoms with Gasteiger partial charge >= 0.3 is 6.18 Å². The van der Waals surface area contributed by atoms with Crippen LogP contribution in [0.3, 0.4) is 0 Å². The van der Waals surface area contributed by atoms with Crippen molar-refractivity contribution in [3.05, 3.63) is 89.4 Å². The zero-order valence-electron chi connectivity index (χ0n) is 15.1.